The standard InChI is InChI=1S/C24H30N4O6/c1-15-6-4-5-7-21(15)25-14-23(29)27-22-9-8-17(28(31)32)12-20(22)24(30)26-16-10-18(33-2)13-19(11-16)34-3/h8-13,15,21,25H,4-7,14H2,1-3H3,(H,26,30)(H,27,29)/t15-,21+/m1/s1. The number of carbonyl (C=O) groups is 2. The number of rotatable bonds is 9. The first-order chi connectivity index (χ1) is 16.3. The molecule has 2 amide bonds. The van der Waals surface area contributed by atoms with E-state index in [4.69, 9.17) is 9.47 Å². The van der Waals surface area contributed by atoms with Crippen LogP contribution < -0.4 is 25.4 Å². The van der Waals surface area contributed by atoms with Gasteiger partial charge in [-0.05, 0) is 24.8 Å². The molecule has 10 heteroatoms. The fraction of sp³-hybridized carbons (Fsp3) is 0.417. The van der Waals surface area contributed by atoms with Crippen LogP contribution in [0, 0.1) is 16.0 Å². The molecule has 2 aromatic carbocycles. The Balaban J connectivity index is 1.77. The third kappa shape index (κ3) is 6.44. The van der Waals surface area contributed by atoms with E-state index in [1.54, 1.807) is 18.2 Å². The van der Waals surface area contributed by atoms with Gasteiger partial charge < -0.3 is 25.4 Å². The molecule has 3 N–H and O–H groups in total. The highest BCUT2D eigenvalue weighted by atomic mass is 16.6. The third-order valence-electron chi connectivity index (χ3n) is 5.98. The molecule has 1 aliphatic carbocycles. The zero-order chi connectivity index (χ0) is 24.7. The van der Waals surface area contributed by atoms with Gasteiger partial charge in [0, 0.05) is 42.1 Å². The Morgan fingerprint density at radius 3 is 2.32 bits per heavy atom. The van der Waals surface area contributed by atoms with Crippen molar-refractivity contribution in [3.05, 3.63) is 52.1 Å². The number of nitro groups is 1. The summed E-state index contributed by atoms with van der Waals surface area (Å²) in [6.07, 6.45) is 4.47. The van der Waals surface area contributed by atoms with E-state index in [1.165, 1.54) is 32.8 Å². The van der Waals surface area contributed by atoms with Crippen molar-refractivity contribution < 1.29 is 24.0 Å². The molecule has 2 atom stereocenters. The minimum absolute atomic E-state index is 0.0321. The number of non-ortho nitro benzene ring substituents is 1. The lowest BCUT2D eigenvalue weighted by Crippen LogP contribution is -2.41. The third-order valence-corrected chi connectivity index (χ3v) is 5.98. The number of methoxy groups -OCH3 is 2. The predicted octanol–water partition coefficient (Wildman–Crippen LogP) is 3.97. The molecule has 0 aromatic heterocycles. The number of nitro benzene ring substituents is 1. The second-order valence-corrected chi connectivity index (χ2v) is 8.34. The number of hydrogen-bond acceptors (Lipinski definition) is 7. The molecular weight excluding hydrogens is 440 g/mol. The largest absolute Gasteiger partial charge is 0.497 e. The lowest BCUT2D eigenvalue weighted by atomic mass is 9.86. The highest BCUT2D eigenvalue weighted by Gasteiger charge is 2.23. The molecule has 2 aromatic rings. The van der Waals surface area contributed by atoms with Gasteiger partial charge >= 0.3 is 0 Å². The molecule has 1 saturated carbocycles. The molecule has 182 valence electrons. The summed E-state index contributed by atoms with van der Waals surface area (Å²) in [5.41, 5.74) is 0.260. The number of hydrogen-bond donors (Lipinski definition) is 3. The van der Waals surface area contributed by atoms with Crippen LogP contribution in [0.25, 0.3) is 0 Å². The second-order valence-electron chi connectivity index (χ2n) is 8.34. The number of amides is 2. The number of carbonyl (C=O) groups excluding carboxylic acids is 2. The molecule has 0 unspecified atom stereocenters. The van der Waals surface area contributed by atoms with Gasteiger partial charge in [0.15, 0.2) is 0 Å². The number of nitrogens with one attached hydrogen (secondary N) is 3. The van der Waals surface area contributed by atoms with Gasteiger partial charge in [0.25, 0.3) is 11.6 Å². The first kappa shape index (κ1) is 25.0. The molecule has 10 nitrogen and oxygen atoms in total. The molecule has 34 heavy (non-hydrogen) atoms. The normalized spacial score (nSPS) is 17.5. The summed E-state index contributed by atoms with van der Waals surface area (Å²) in [4.78, 5) is 36.4. The minimum Gasteiger partial charge on any atom is -0.497 e. The van der Waals surface area contributed by atoms with Crippen LogP contribution in [0.15, 0.2) is 36.4 Å². The Morgan fingerprint density at radius 1 is 1.03 bits per heavy atom. The maximum atomic E-state index is 13.1. The Labute approximate surface area is 198 Å². The predicted molar refractivity (Wildman–Crippen MR) is 129 cm³/mol. The van der Waals surface area contributed by atoms with Crippen molar-refractivity contribution in [3.63, 3.8) is 0 Å². The average Bonchev–Trinajstić information content (AvgIpc) is 2.83. The molecule has 3 rings (SSSR count). The lowest BCUT2D eigenvalue weighted by Gasteiger charge is -2.29. The molecule has 0 heterocycles. The Kier molecular flexibility index (Phi) is 8.42. The quantitative estimate of drug-likeness (QED) is 0.373. The first-order valence-corrected chi connectivity index (χ1v) is 11.2. The molecular formula is C24H30N4O6. The van der Waals surface area contributed by atoms with Crippen molar-refractivity contribution in [2.45, 2.75) is 38.6 Å². The topological polar surface area (TPSA) is 132 Å². The van der Waals surface area contributed by atoms with Gasteiger partial charge in [-0.3, -0.25) is 19.7 Å². The summed E-state index contributed by atoms with van der Waals surface area (Å²) in [5, 5.41) is 20.0. The highest BCUT2D eigenvalue weighted by Crippen LogP contribution is 2.28. The van der Waals surface area contributed by atoms with Crippen molar-refractivity contribution in [2.24, 2.45) is 5.92 Å². The molecule has 1 aliphatic rings. The minimum atomic E-state index is -0.622. The highest BCUT2D eigenvalue weighted by molar-refractivity contribution is 6.10. The van der Waals surface area contributed by atoms with Gasteiger partial charge in [-0.25, -0.2) is 0 Å². The van der Waals surface area contributed by atoms with E-state index in [0.717, 1.165) is 25.3 Å². The van der Waals surface area contributed by atoms with Crippen LogP contribution in [0.1, 0.15) is 43.0 Å². The molecule has 0 radical (unpaired) electrons. The van der Waals surface area contributed by atoms with Crippen LogP contribution in [-0.2, 0) is 4.79 Å². The van der Waals surface area contributed by atoms with Crippen molar-refractivity contribution >= 4 is 28.9 Å². The zero-order valence-corrected chi connectivity index (χ0v) is 19.6. The van der Waals surface area contributed by atoms with E-state index in [9.17, 15) is 19.7 Å². The SMILES string of the molecule is COc1cc(NC(=O)c2cc([N+](=O)[O-])ccc2NC(=O)CN[C@H]2CCCC[C@H]2C)cc(OC)c1. The van der Waals surface area contributed by atoms with E-state index in [0.29, 0.717) is 23.1 Å². The fourth-order valence-corrected chi connectivity index (χ4v) is 4.06. The monoisotopic (exact) mass is 470 g/mol. The van der Waals surface area contributed by atoms with Crippen LogP contribution >= 0.6 is 0 Å². The fourth-order valence-electron chi connectivity index (χ4n) is 4.06. The van der Waals surface area contributed by atoms with E-state index in [1.807, 2.05) is 0 Å². The smallest absolute Gasteiger partial charge is 0.270 e. The van der Waals surface area contributed by atoms with Gasteiger partial charge in [-0.2, -0.15) is 0 Å². The Bertz CT molecular complexity index is 1040. The number of benzene rings is 2. The van der Waals surface area contributed by atoms with Gasteiger partial charge in [0.05, 0.1) is 36.9 Å². The van der Waals surface area contributed by atoms with Gasteiger partial charge in [-0.1, -0.05) is 19.8 Å². The molecule has 1 fully saturated rings. The van der Waals surface area contributed by atoms with E-state index in [2.05, 4.69) is 22.9 Å². The van der Waals surface area contributed by atoms with Crippen molar-refractivity contribution in [1.82, 2.24) is 5.32 Å². The molecule has 0 saturated heterocycles. The number of nitrogens with zero attached hydrogens (tertiary/aromatic N) is 1. The Morgan fingerprint density at radius 2 is 1.71 bits per heavy atom. The maximum Gasteiger partial charge on any atom is 0.270 e. The van der Waals surface area contributed by atoms with Crippen LogP contribution in [-0.4, -0.2) is 43.5 Å². The van der Waals surface area contributed by atoms with Crippen molar-refractivity contribution in [2.75, 3.05) is 31.4 Å². The van der Waals surface area contributed by atoms with Gasteiger partial charge in [-0.15, -0.1) is 0 Å². The van der Waals surface area contributed by atoms with E-state index >= 15 is 0 Å². The van der Waals surface area contributed by atoms with Crippen molar-refractivity contribution in [1.29, 1.82) is 0 Å². The summed E-state index contributed by atoms with van der Waals surface area (Å²) in [5.74, 6) is 0.462. The zero-order valence-electron chi connectivity index (χ0n) is 19.6. The van der Waals surface area contributed by atoms with Crippen LogP contribution in [0.2, 0.25) is 0 Å². The van der Waals surface area contributed by atoms with Gasteiger partial charge in [0.1, 0.15) is 11.5 Å². The summed E-state index contributed by atoms with van der Waals surface area (Å²) in [6.45, 7) is 2.25. The van der Waals surface area contributed by atoms with Crippen molar-refractivity contribution in [3.8, 4) is 11.5 Å². The Hall–Kier alpha value is -3.66. The lowest BCUT2D eigenvalue weighted by molar-refractivity contribution is -0.384. The molecule has 0 spiro atoms. The van der Waals surface area contributed by atoms with Crippen LogP contribution in [0.4, 0.5) is 17.1 Å². The van der Waals surface area contributed by atoms with Crippen LogP contribution in [0.5, 0.6) is 11.5 Å². The van der Waals surface area contributed by atoms with E-state index in [-0.39, 0.29) is 35.4 Å². The van der Waals surface area contributed by atoms with E-state index < -0.39 is 10.8 Å². The summed E-state index contributed by atoms with van der Waals surface area (Å²) in [7, 11) is 2.97. The second kappa shape index (κ2) is 11.5. The van der Waals surface area contributed by atoms with Crippen LogP contribution in [0.3, 0.4) is 0 Å². The summed E-state index contributed by atoms with van der Waals surface area (Å²) in [6, 6.07) is 8.84. The van der Waals surface area contributed by atoms with Gasteiger partial charge in [0.2, 0.25) is 5.91 Å². The maximum absolute atomic E-state index is 13.1. The molecule has 0 aliphatic heterocycles. The molecule has 0 bridgehead atoms. The number of anilines is 2. The summed E-state index contributed by atoms with van der Waals surface area (Å²) >= 11 is 0. The average molecular weight is 471 g/mol. The first-order valence-electron chi connectivity index (χ1n) is 11.2. The summed E-state index contributed by atoms with van der Waals surface area (Å²) < 4.78 is 10.4. The number of ether oxygens (including phenoxy) is 2.